The topological polar surface area (TPSA) is 207 Å². The lowest BCUT2D eigenvalue weighted by atomic mass is 9.78. The van der Waals surface area contributed by atoms with E-state index in [0.29, 0.717) is 12.8 Å². The van der Waals surface area contributed by atoms with Gasteiger partial charge < -0.3 is 55.1 Å². The van der Waals surface area contributed by atoms with E-state index in [0.717, 1.165) is 32.1 Å². The Morgan fingerprint density at radius 1 is 0.690 bits per heavy atom. The zero-order valence-corrected chi connectivity index (χ0v) is 24.9. The number of carbonyl (C=O) groups is 1. The fourth-order valence-electron chi connectivity index (χ4n) is 5.79. The first-order valence-corrected chi connectivity index (χ1v) is 15.6. The molecule has 2 saturated heterocycles. The number of allylic oxidation sites excluding steroid dienone is 2. The summed E-state index contributed by atoms with van der Waals surface area (Å²) in [5, 5.41) is 82.7. The Bertz CT molecular complexity index is 794. The van der Waals surface area contributed by atoms with Gasteiger partial charge in [-0.05, 0) is 32.1 Å². The highest BCUT2D eigenvalue weighted by Gasteiger charge is 2.74. The standard InChI is InChI=1S/C30H54O12/c1-2-3-4-5-6-7-8-9-10-11-12-13-14-15-16-17-23(34)42-30(28(39)26(37)24(35)21(18-31)41-30)29(20-33)27(38)25(36)22(19-32)40-29/h9-10,21-22,24-28,31-33,35-39H,2-8,11-20H2,1H3/b10-9-/t21-,22-,24-,25-,26+,27+,28-,29+,30+/m1/s1. The smallest absolute Gasteiger partial charge is 0.308 e. The second kappa shape index (κ2) is 18.6. The number of ether oxygens (including phenoxy) is 3. The molecule has 9 atom stereocenters. The summed E-state index contributed by atoms with van der Waals surface area (Å²) in [5.74, 6) is -3.76. The van der Waals surface area contributed by atoms with E-state index in [9.17, 15) is 45.6 Å². The van der Waals surface area contributed by atoms with Crippen LogP contribution in [0.1, 0.15) is 96.8 Å². The number of carbonyl (C=O) groups excluding carboxylic acids is 1. The first kappa shape index (κ1) is 37.0. The monoisotopic (exact) mass is 606 g/mol. The Morgan fingerprint density at radius 3 is 1.74 bits per heavy atom. The number of hydrogen-bond acceptors (Lipinski definition) is 12. The highest BCUT2D eigenvalue weighted by atomic mass is 16.8. The van der Waals surface area contributed by atoms with E-state index < -0.39 is 79.9 Å². The molecular formula is C30H54O12. The summed E-state index contributed by atoms with van der Waals surface area (Å²) in [6.45, 7) is -0.652. The van der Waals surface area contributed by atoms with E-state index in [-0.39, 0.29) is 6.42 Å². The quantitative estimate of drug-likeness (QED) is 0.0544. The maximum Gasteiger partial charge on any atom is 0.308 e. The molecule has 0 saturated carbocycles. The van der Waals surface area contributed by atoms with Crippen molar-refractivity contribution in [1.29, 1.82) is 0 Å². The molecule has 0 amide bonds. The summed E-state index contributed by atoms with van der Waals surface area (Å²) in [6.07, 6.45) is 5.17. The van der Waals surface area contributed by atoms with Gasteiger partial charge in [0, 0.05) is 6.42 Å². The molecular weight excluding hydrogens is 552 g/mol. The van der Waals surface area contributed by atoms with E-state index in [1.54, 1.807) is 0 Å². The molecule has 0 aromatic rings. The van der Waals surface area contributed by atoms with Crippen LogP contribution in [-0.2, 0) is 19.0 Å². The lowest BCUT2D eigenvalue weighted by Crippen LogP contribution is -2.78. The largest absolute Gasteiger partial charge is 0.427 e. The van der Waals surface area contributed by atoms with Crippen molar-refractivity contribution in [2.45, 2.75) is 151 Å². The first-order chi connectivity index (χ1) is 20.2. The SMILES string of the molecule is CCCCCCCC/C=C\CCCCCCCC(=O)O[C@@]1([C@@]2(CO)O[C@H](CO)[C@@H](O)[C@@H]2O)O[C@H](CO)[C@@H](O)[C@H](O)[C@H]1O. The van der Waals surface area contributed by atoms with Crippen LogP contribution in [0.25, 0.3) is 0 Å². The molecule has 2 fully saturated rings. The summed E-state index contributed by atoms with van der Waals surface area (Å²) >= 11 is 0. The highest BCUT2D eigenvalue weighted by molar-refractivity contribution is 5.70. The molecule has 12 nitrogen and oxygen atoms in total. The number of rotatable bonds is 20. The van der Waals surface area contributed by atoms with Gasteiger partial charge in [-0.25, -0.2) is 0 Å². The van der Waals surface area contributed by atoms with Gasteiger partial charge in [0.1, 0.15) is 36.6 Å². The summed E-state index contributed by atoms with van der Waals surface area (Å²) < 4.78 is 16.7. The average molecular weight is 607 g/mol. The van der Waals surface area contributed by atoms with Crippen molar-refractivity contribution in [3.05, 3.63) is 12.2 Å². The molecule has 0 radical (unpaired) electrons. The van der Waals surface area contributed by atoms with Gasteiger partial charge in [-0.1, -0.05) is 70.4 Å². The summed E-state index contributed by atoms with van der Waals surface area (Å²) in [7, 11) is 0. The van der Waals surface area contributed by atoms with E-state index in [2.05, 4.69) is 19.1 Å². The van der Waals surface area contributed by atoms with Gasteiger partial charge in [0.15, 0.2) is 11.7 Å². The lowest BCUT2D eigenvalue weighted by Gasteiger charge is -2.54. The number of aliphatic hydroxyl groups excluding tert-OH is 8. The van der Waals surface area contributed by atoms with Crippen molar-refractivity contribution in [3.63, 3.8) is 0 Å². The van der Waals surface area contributed by atoms with Gasteiger partial charge in [0.25, 0.3) is 5.79 Å². The van der Waals surface area contributed by atoms with Crippen LogP contribution in [0.5, 0.6) is 0 Å². The molecule has 0 spiro atoms. The predicted octanol–water partition coefficient (Wildman–Crippen LogP) is 0.581. The Balaban J connectivity index is 1.90. The maximum atomic E-state index is 13.0. The van der Waals surface area contributed by atoms with Crippen molar-refractivity contribution in [3.8, 4) is 0 Å². The second-order valence-corrected chi connectivity index (χ2v) is 11.6. The fourth-order valence-corrected chi connectivity index (χ4v) is 5.79. The molecule has 12 heteroatoms. The molecule has 246 valence electrons. The number of aliphatic hydroxyl groups is 8. The minimum Gasteiger partial charge on any atom is -0.427 e. The minimum atomic E-state index is -2.84. The molecule has 2 heterocycles. The molecule has 2 aliphatic rings. The predicted molar refractivity (Wildman–Crippen MR) is 152 cm³/mol. The van der Waals surface area contributed by atoms with E-state index >= 15 is 0 Å². The van der Waals surface area contributed by atoms with Gasteiger partial charge >= 0.3 is 5.97 Å². The Labute approximate surface area is 248 Å². The molecule has 2 aliphatic heterocycles. The Kier molecular flexibility index (Phi) is 16.4. The molecule has 0 aromatic heterocycles. The van der Waals surface area contributed by atoms with Gasteiger partial charge in [0.2, 0.25) is 0 Å². The average Bonchev–Trinajstić information content (AvgIpc) is 3.25. The van der Waals surface area contributed by atoms with Crippen LogP contribution in [0.15, 0.2) is 12.2 Å². The number of unbranched alkanes of at least 4 members (excludes halogenated alkanes) is 11. The van der Waals surface area contributed by atoms with Gasteiger partial charge in [-0.2, -0.15) is 0 Å². The Morgan fingerprint density at radius 2 is 1.21 bits per heavy atom. The Hall–Kier alpha value is -1.19. The highest BCUT2D eigenvalue weighted by Crippen LogP contribution is 2.48. The number of esters is 1. The third-order valence-electron chi connectivity index (χ3n) is 8.41. The van der Waals surface area contributed by atoms with Crippen molar-refractivity contribution in [2.75, 3.05) is 19.8 Å². The van der Waals surface area contributed by atoms with E-state index in [1.807, 2.05) is 0 Å². The van der Waals surface area contributed by atoms with Crippen molar-refractivity contribution in [2.24, 2.45) is 0 Å². The van der Waals surface area contributed by atoms with Crippen molar-refractivity contribution >= 4 is 5.97 Å². The van der Waals surface area contributed by atoms with Crippen molar-refractivity contribution in [1.82, 2.24) is 0 Å². The van der Waals surface area contributed by atoms with Crippen LogP contribution < -0.4 is 0 Å². The molecule has 2 rings (SSSR count). The van der Waals surface area contributed by atoms with Gasteiger partial charge in [-0.3, -0.25) is 4.79 Å². The lowest BCUT2D eigenvalue weighted by molar-refractivity contribution is -0.415. The second-order valence-electron chi connectivity index (χ2n) is 11.6. The van der Waals surface area contributed by atoms with E-state index in [4.69, 9.17) is 14.2 Å². The summed E-state index contributed by atoms with van der Waals surface area (Å²) in [5.41, 5.74) is -2.56. The normalized spacial score (nSPS) is 35.2. The van der Waals surface area contributed by atoms with Crippen molar-refractivity contribution < 1.29 is 59.9 Å². The molecule has 42 heavy (non-hydrogen) atoms. The third kappa shape index (κ3) is 8.93. The fraction of sp³-hybridized carbons (Fsp3) is 0.900. The van der Waals surface area contributed by atoms with Crippen LogP contribution in [-0.4, -0.2) is 121 Å². The molecule has 0 bridgehead atoms. The summed E-state index contributed by atoms with van der Waals surface area (Å²) in [6, 6.07) is 0. The van der Waals surface area contributed by atoms with Crippen LogP contribution in [0.3, 0.4) is 0 Å². The summed E-state index contributed by atoms with van der Waals surface area (Å²) in [4.78, 5) is 13.0. The molecule has 0 aliphatic carbocycles. The van der Waals surface area contributed by atoms with Crippen LogP contribution >= 0.6 is 0 Å². The molecule has 8 N–H and O–H groups in total. The van der Waals surface area contributed by atoms with Crippen LogP contribution in [0, 0.1) is 0 Å². The zero-order valence-electron chi connectivity index (χ0n) is 24.9. The van der Waals surface area contributed by atoms with E-state index in [1.165, 1.54) is 38.5 Å². The van der Waals surface area contributed by atoms with Crippen LogP contribution in [0.4, 0.5) is 0 Å². The van der Waals surface area contributed by atoms with Crippen LogP contribution in [0.2, 0.25) is 0 Å². The third-order valence-corrected chi connectivity index (χ3v) is 8.41. The maximum absolute atomic E-state index is 13.0. The first-order valence-electron chi connectivity index (χ1n) is 15.6. The number of hydrogen-bond donors (Lipinski definition) is 8. The van der Waals surface area contributed by atoms with Gasteiger partial charge in [0.05, 0.1) is 19.8 Å². The minimum absolute atomic E-state index is 0.137. The molecule has 0 aromatic carbocycles. The molecule has 0 unspecified atom stereocenters. The zero-order chi connectivity index (χ0) is 31.2. The van der Waals surface area contributed by atoms with Gasteiger partial charge in [-0.15, -0.1) is 0 Å².